The predicted octanol–water partition coefficient (Wildman–Crippen LogP) is 1.63. The van der Waals surface area contributed by atoms with Crippen molar-refractivity contribution >= 4 is 62.6 Å². The summed E-state index contributed by atoms with van der Waals surface area (Å²) in [5.41, 5.74) is 0.522. The van der Waals surface area contributed by atoms with E-state index in [9.17, 15) is 0 Å². The topological polar surface area (TPSA) is 40.5 Å². The van der Waals surface area contributed by atoms with Gasteiger partial charge in [-0.05, 0) is 27.5 Å². The molecule has 6 heteroatoms. The highest BCUT2D eigenvalue weighted by atomic mass is 79.9. The summed E-state index contributed by atoms with van der Waals surface area (Å²) in [5, 5.41) is 21.1. The average molecular weight is 289 g/mol. The van der Waals surface area contributed by atoms with Crippen LogP contribution >= 0.6 is 39.9 Å². The van der Waals surface area contributed by atoms with Gasteiger partial charge >= 0.3 is 7.12 Å². The van der Waals surface area contributed by atoms with Gasteiger partial charge in [0, 0.05) is 24.8 Å². The summed E-state index contributed by atoms with van der Waals surface area (Å²) in [4.78, 5) is 0.831. The summed E-state index contributed by atoms with van der Waals surface area (Å²) in [6.45, 7) is 0. The first-order valence-corrected chi connectivity index (χ1v) is 5.98. The van der Waals surface area contributed by atoms with E-state index in [4.69, 9.17) is 10.0 Å². The zero-order valence-corrected chi connectivity index (χ0v) is 10.2. The van der Waals surface area contributed by atoms with E-state index >= 15 is 0 Å². The van der Waals surface area contributed by atoms with E-state index in [0.29, 0.717) is 5.46 Å². The van der Waals surface area contributed by atoms with Gasteiger partial charge in [0.2, 0.25) is 0 Å². The first kappa shape index (κ1) is 10.5. The third-order valence-electron chi connectivity index (χ3n) is 1.96. The third kappa shape index (κ3) is 1.61. The molecular weight excluding hydrogens is 283 g/mol. The Morgan fingerprint density at radius 2 is 2.07 bits per heavy atom. The molecule has 1 aromatic heterocycles. The van der Waals surface area contributed by atoms with Gasteiger partial charge < -0.3 is 10.0 Å². The quantitative estimate of drug-likeness (QED) is 0.551. The van der Waals surface area contributed by atoms with Crippen molar-refractivity contribution in [1.29, 1.82) is 0 Å². The van der Waals surface area contributed by atoms with E-state index < -0.39 is 7.12 Å². The summed E-state index contributed by atoms with van der Waals surface area (Å²) >= 11 is 9.18. The maximum Gasteiger partial charge on any atom is 0.489 e. The Kier molecular flexibility index (Phi) is 2.90. The van der Waals surface area contributed by atoms with Crippen molar-refractivity contribution in [3.8, 4) is 0 Å². The third-order valence-corrected chi connectivity index (χ3v) is 4.29. The van der Waals surface area contributed by atoms with E-state index in [1.165, 1.54) is 11.3 Å². The second-order valence-electron chi connectivity index (χ2n) is 2.84. The standard InChI is InChI=1S/C8H6BBrO2S2/c10-5-3-14-8-4(9(11)12)1-2-6(13)7(5)8/h1-3,11-13H. The summed E-state index contributed by atoms with van der Waals surface area (Å²) < 4.78 is 1.80. The summed E-state index contributed by atoms with van der Waals surface area (Å²) in [5.74, 6) is 0. The van der Waals surface area contributed by atoms with Gasteiger partial charge in [-0.1, -0.05) is 6.07 Å². The Labute approximate surface area is 99.3 Å². The Bertz CT molecular complexity index is 483. The summed E-state index contributed by atoms with van der Waals surface area (Å²) in [6.07, 6.45) is 0. The van der Waals surface area contributed by atoms with Crippen molar-refractivity contribution in [1.82, 2.24) is 0 Å². The Morgan fingerprint density at radius 1 is 1.36 bits per heavy atom. The van der Waals surface area contributed by atoms with Gasteiger partial charge in [0.15, 0.2) is 0 Å². The monoisotopic (exact) mass is 288 g/mol. The molecule has 72 valence electrons. The van der Waals surface area contributed by atoms with Crippen molar-refractivity contribution in [2.45, 2.75) is 4.90 Å². The number of benzene rings is 1. The highest BCUT2D eigenvalue weighted by Crippen LogP contribution is 2.33. The minimum atomic E-state index is -1.43. The molecule has 2 aromatic rings. The normalized spacial score (nSPS) is 10.9. The van der Waals surface area contributed by atoms with Crippen LogP contribution in [0.25, 0.3) is 10.1 Å². The lowest BCUT2D eigenvalue weighted by molar-refractivity contribution is 0.426. The molecule has 14 heavy (non-hydrogen) atoms. The van der Waals surface area contributed by atoms with Crippen molar-refractivity contribution in [3.63, 3.8) is 0 Å². The first-order chi connectivity index (χ1) is 6.61. The molecule has 1 aromatic carbocycles. The lowest BCUT2D eigenvalue weighted by Gasteiger charge is -2.03. The minimum Gasteiger partial charge on any atom is -0.423 e. The second-order valence-corrected chi connectivity index (χ2v) is 5.05. The molecule has 2 rings (SSSR count). The minimum absolute atomic E-state index is 0.522. The average Bonchev–Trinajstić information content (AvgIpc) is 2.49. The molecule has 0 amide bonds. The van der Waals surface area contributed by atoms with E-state index in [1.54, 1.807) is 12.1 Å². The molecular formula is C8H6BBrO2S2. The van der Waals surface area contributed by atoms with Crippen molar-refractivity contribution in [2.75, 3.05) is 0 Å². The summed E-state index contributed by atoms with van der Waals surface area (Å²) in [7, 11) is -1.43. The van der Waals surface area contributed by atoms with Crippen LogP contribution in [0.1, 0.15) is 0 Å². The van der Waals surface area contributed by atoms with Gasteiger partial charge in [0.25, 0.3) is 0 Å². The molecule has 2 N–H and O–H groups in total. The highest BCUT2D eigenvalue weighted by Gasteiger charge is 2.18. The van der Waals surface area contributed by atoms with E-state index in [1.807, 2.05) is 5.38 Å². The highest BCUT2D eigenvalue weighted by molar-refractivity contribution is 9.10. The van der Waals surface area contributed by atoms with Crippen LogP contribution in [0.15, 0.2) is 26.9 Å². The van der Waals surface area contributed by atoms with Crippen LogP contribution in [-0.4, -0.2) is 17.2 Å². The number of thiol groups is 1. The summed E-state index contributed by atoms with van der Waals surface area (Å²) in [6, 6.07) is 3.44. The lowest BCUT2D eigenvalue weighted by Crippen LogP contribution is -2.29. The van der Waals surface area contributed by atoms with E-state index in [2.05, 4.69) is 28.6 Å². The number of hydrogen-bond acceptors (Lipinski definition) is 4. The number of rotatable bonds is 1. The first-order valence-electron chi connectivity index (χ1n) is 3.86. The van der Waals surface area contributed by atoms with E-state index in [-0.39, 0.29) is 0 Å². The van der Waals surface area contributed by atoms with Crippen LogP contribution in [0.2, 0.25) is 0 Å². The fraction of sp³-hybridized carbons (Fsp3) is 0. The van der Waals surface area contributed by atoms with Crippen LogP contribution < -0.4 is 5.46 Å². The molecule has 2 nitrogen and oxygen atoms in total. The number of thiophene rings is 1. The van der Waals surface area contributed by atoms with Crippen molar-refractivity contribution in [2.24, 2.45) is 0 Å². The van der Waals surface area contributed by atoms with E-state index in [0.717, 1.165) is 19.5 Å². The van der Waals surface area contributed by atoms with Crippen LogP contribution in [0.5, 0.6) is 0 Å². The molecule has 0 atom stereocenters. The smallest absolute Gasteiger partial charge is 0.423 e. The van der Waals surface area contributed by atoms with Crippen LogP contribution in [-0.2, 0) is 0 Å². The fourth-order valence-corrected chi connectivity index (χ4v) is 3.66. The van der Waals surface area contributed by atoms with Crippen LogP contribution in [0.4, 0.5) is 0 Å². The zero-order valence-electron chi connectivity index (χ0n) is 6.94. The van der Waals surface area contributed by atoms with Crippen molar-refractivity contribution < 1.29 is 10.0 Å². The molecule has 0 saturated carbocycles. The molecule has 0 radical (unpaired) electrons. The maximum absolute atomic E-state index is 9.14. The Balaban J connectivity index is 2.83. The molecule has 0 unspecified atom stereocenters. The Morgan fingerprint density at radius 3 is 2.71 bits per heavy atom. The molecule has 0 fully saturated rings. The molecule has 0 aliphatic carbocycles. The Hall–Kier alpha value is -0.00506. The van der Waals surface area contributed by atoms with Crippen molar-refractivity contribution in [3.05, 3.63) is 22.0 Å². The SMILES string of the molecule is OB(O)c1ccc(S)c2c(Br)csc12. The van der Waals surface area contributed by atoms with Crippen LogP contribution in [0, 0.1) is 0 Å². The molecule has 0 spiro atoms. The predicted molar refractivity (Wildman–Crippen MR) is 66.6 cm³/mol. The van der Waals surface area contributed by atoms with Crippen LogP contribution in [0.3, 0.4) is 0 Å². The van der Waals surface area contributed by atoms with Gasteiger partial charge in [-0.2, -0.15) is 0 Å². The number of hydrogen-bond donors (Lipinski definition) is 3. The molecule has 1 heterocycles. The largest absolute Gasteiger partial charge is 0.489 e. The van der Waals surface area contributed by atoms with Gasteiger partial charge in [0.05, 0.1) is 0 Å². The van der Waals surface area contributed by atoms with Gasteiger partial charge in [-0.25, -0.2) is 0 Å². The maximum atomic E-state index is 9.14. The molecule has 0 saturated heterocycles. The molecule has 0 aliphatic heterocycles. The fourth-order valence-electron chi connectivity index (χ4n) is 1.32. The number of fused-ring (bicyclic) bond motifs is 1. The van der Waals surface area contributed by atoms with Gasteiger partial charge in [-0.3, -0.25) is 0 Å². The molecule has 0 aliphatic rings. The lowest BCUT2D eigenvalue weighted by atomic mass is 9.80. The van der Waals surface area contributed by atoms with Gasteiger partial charge in [-0.15, -0.1) is 24.0 Å². The zero-order chi connectivity index (χ0) is 10.3. The second kappa shape index (κ2) is 3.86. The van der Waals surface area contributed by atoms with Gasteiger partial charge in [0.1, 0.15) is 0 Å². The molecule has 0 bridgehead atoms. The number of halogens is 1.